The normalized spacial score (nSPS) is 12.5. The molecule has 0 radical (unpaired) electrons. The zero-order valence-electron chi connectivity index (χ0n) is 17.4. The molecule has 4 aromatic rings. The van der Waals surface area contributed by atoms with Gasteiger partial charge in [-0.05, 0) is 37.1 Å². The van der Waals surface area contributed by atoms with Gasteiger partial charge >= 0.3 is 5.69 Å². The third kappa shape index (κ3) is 4.87. The zero-order chi connectivity index (χ0) is 21.8. The predicted molar refractivity (Wildman–Crippen MR) is 124 cm³/mol. The summed E-state index contributed by atoms with van der Waals surface area (Å²) in [6.45, 7) is 3.91. The number of benzene rings is 2. The highest BCUT2D eigenvalue weighted by molar-refractivity contribution is 7.99. The highest BCUT2D eigenvalue weighted by Crippen LogP contribution is 2.35. The van der Waals surface area contributed by atoms with Crippen molar-refractivity contribution in [3.05, 3.63) is 75.4 Å². The summed E-state index contributed by atoms with van der Waals surface area (Å²) in [6, 6.07) is 16.1. The second-order valence-electron chi connectivity index (χ2n) is 7.24. The van der Waals surface area contributed by atoms with Crippen LogP contribution in [0.25, 0.3) is 11.0 Å². The van der Waals surface area contributed by atoms with Gasteiger partial charge in [0.05, 0.1) is 16.3 Å². The van der Waals surface area contributed by atoms with Crippen molar-refractivity contribution in [1.82, 2.24) is 24.3 Å². The summed E-state index contributed by atoms with van der Waals surface area (Å²) in [6.07, 6.45) is 0.739. The van der Waals surface area contributed by atoms with Crippen LogP contribution in [0.1, 0.15) is 30.0 Å². The second-order valence-corrected chi connectivity index (χ2v) is 8.99. The van der Waals surface area contributed by atoms with Gasteiger partial charge in [-0.3, -0.25) is 4.57 Å². The highest BCUT2D eigenvalue weighted by Gasteiger charge is 2.21. The molecule has 2 heterocycles. The molecule has 9 heteroatoms. The van der Waals surface area contributed by atoms with E-state index >= 15 is 0 Å². The average molecular weight is 458 g/mol. The smallest absolute Gasteiger partial charge is 0.343 e. The molecule has 7 nitrogen and oxygen atoms in total. The van der Waals surface area contributed by atoms with E-state index in [1.165, 1.54) is 17.3 Å². The molecule has 0 saturated carbocycles. The Morgan fingerprint density at radius 3 is 2.77 bits per heavy atom. The first kappa shape index (κ1) is 21.7. The Bertz CT molecular complexity index is 1220. The van der Waals surface area contributed by atoms with Gasteiger partial charge in [-0.1, -0.05) is 53.7 Å². The minimum Gasteiger partial charge on any atom is -0.385 e. The number of H-pyrrole nitrogens is 1. The Balaban J connectivity index is 1.67. The van der Waals surface area contributed by atoms with Crippen molar-refractivity contribution in [2.75, 3.05) is 13.7 Å². The maximum absolute atomic E-state index is 12.2. The van der Waals surface area contributed by atoms with Crippen LogP contribution in [0.2, 0.25) is 5.02 Å². The first-order valence-corrected chi connectivity index (χ1v) is 11.3. The molecule has 1 atom stereocenters. The molecular weight excluding hydrogens is 434 g/mol. The molecule has 31 heavy (non-hydrogen) atoms. The van der Waals surface area contributed by atoms with Gasteiger partial charge in [-0.2, -0.15) is 0 Å². The summed E-state index contributed by atoms with van der Waals surface area (Å²) in [5.41, 5.74) is 2.85. The molecule has 0 spiro atoms. The van der Waals surface area contributed by atoms with Gasteiger partial charge in [0.25, 0.3) is 0 Å². The predicted octanol–water partition coefficient (Wildman–Crippen LogP) is 4.51. The topological polar surface area (TPSA) is 77.7 Å². The molecular formula is C22H24ClN5O2S. The Morgan fingerprint density at radius 2 is 2.00 bits per heavy atom. The Kier molecular flexibility index (Phi) is 6.80. The summed E-state index contributed by atoms with van der Waals surface area (Å²) in [5, 5.41) is 8.05. The van der Waals surface area contributed by atoms with E-state index < -0.39 is 0 Å². The van der Waals surface area contributed by atoms with Crippen LogP contribution in [0, 0.1) is 0 Å². The summed E-state index contributed by atoms with van der Waals surface area (Å²) in [7, 11) is 1.65. The van der Waals surface area contributed by atoms with Crippen LogP contribution < -0.4 is 5.69 Å². The fourth-order valence-corrected chi connectivity index (χ4v) is 4.70. The molecule has 162 valence electrons. The van der Waals surface area contributed by atoms with Crippen LogP contribution in [-0.2, 0) is 17.8 Å². The minimum absolute atomic E-state index is 0.0359. The number of rotatable bonds is 9. The number of nitrogens with zero attached hydrogens (tertiary/aromatic N) is 4. The molecule has 0 bridgehead atoms. The van der Waals surface area contributed by atoms with Crippen LogP contribution in [0.15, 0.2) is 58.5 Å². The van der Waals surface area contributed by atoms with E-state index in [4.69, 9.17) is 21.3 Å². The summed E-state index contributed by atoms with van der Waals surface area (Å²) in [4.78, 5) is 17.1. The molecule has 0 saturated heterocycles. The lowest BCUT2D eigenvalue weighted by molar-refractivity contribution is 0.189. The SMILES string of the molecule is COCCCn1c(S[C@H](C)c2nc3cc(Cl)ccc3n2Cc2ccccc2)n[nH]c1=O. The monoisotopic (exact) mass is 457 g/mol. The van der Waals surface area contributed by atoms with Gasteiger partial charge in [0.15, 0.2) is 5.16 Å². The molecule has 0 aliphatic rings. The molecule has 0 unspecified atom stereocenters. The number of methoxy groups -OCH3 is 1. The van der Waals surface area contributed by atoms with Gasteiger partial charge in [0, 0.05) is 31.8 Å². The first-order valence-electron chi connectivity index (χ1n) is 10.1. The van der Waals surface area contributed by atoms with Crippen LogP contribution in [0.3, 0.4) is 0 Å². The maximum atomic E-state index is 12.2. The van der Waals surface area contributed by atoms with E-state index in [-0.39, 0.29) is 10.9 Å². The van der Waals surface area contributed by atoms with Crippen molar-refractivity contribution in [1.29, 1.82) is 0 Å². The Labute approximate surface area is 189 Å². The van der Waals surface area contributed by atoms with Crippen LogP contribution in [0.5, 0.6) is 0 Å². The molecule has 2 aromatic heterocycles. The second kappa shape index (κ2) is 9.72. The third-order valence-electron chi connectivity index (χ3n) is 5.02. The molecule has 4 rings (SSSR count). The van der Waals surface area contributed by atoms with Gasteiger partial charge in [0.2, 0.25) is 0 Å². The summed E-state index contributed by atoms with van der Waals surface area (Å²) < 4.78 is 8.97. The molecule has 1 N–H and O–H groups in total. The van der Waals surface area contributed by atoms with Crippen LogP contribution in [-0.4, -0.2) is 38.0 Å². The van der Waals surface area contributed by atoms with Gasteiger partial charge in [0.1, 0.15) is 5.82 Å². The Morgan fingerprint density at radius 1 is 1.19 bits per heavy atom. The number of halogens is 1. The maximum Gasteiger partial charge on any atom is 0.343 e. The number of aromatic nitrogens is 5. The van der Waals surface area contributed by atoms with Gasteiger partial charge < -0.3 is 9.30 Å². The lowest BCUT2D eigenvalue weighted by Crippen LogP contribution is -2.18. The lowest BCUT2D eigenvalue weighted by Gasteiger charge is -2.15. The summed E-state index contributed by atoms with van der Waals surface area (Å²) >= 11 is 7.73. The number of hydrogen-bond donors (Lipinski definition) is 1. The number of thioether (sulfide) groups is 1. The number of hydrogen-bond acceptors (Lipinski definition) is 5. The minimum atomic E-state index is -0.213. The lowest BCUT2D eigenvalue weighted by atomic mass is 10.2. The number of nitrogens with one attached hydrogen (secondary N) is 1. The molecule has 0 fully saturated rings. The zero-order valence-corrected chi connectivity index (χ0v) is 19.0. The van der Waals surface area contributed by atoms with Crippen LogP contribution >= 0.6 is 23.4 Å². The van der Waals surface area contributed by atoms with Crippen molar-refractivity contribution in [3.8, 4) is 0 Å². The van der Waals surface area contributed by atoms with Crippen molar-refractivity contribution < 1.29 is 4.74 Å². The van der Waals surface area contributed by atoms with E-state index in [2.05, 4.69) is 33.8 Å². The van der Waals surface area contributed by atoms with E-state index in [9.17, 15) is 4.79 Å². The highest BCUT2D eigenvalue weighted by atomic mass is 35.5. The largest absolute Gasteiger partial charge is 0.385 e. The van der Waals surface area contributed by atoms with Crippen LogP contribution in [0.4, 0.5) is 0 Å². The van der Waals surface area contributed by atoms with Crippen molar-refractivity contribution >= 4 is 34.4 Å². The van der Waals surface area contributed by atoms with E-state index in [1.807, 2.05) is 36.4 Å². The van der Waals surface area contributed by atoms with Crippen molar-refractivity contribution in [2.45, 2.75) is 36.8 Å². The first-order chi connectivity index (χ1) is 15.1. The molecule has 0 amide bonds. The molecule has 2 aromatic carbocycles. The van der Waals surface area contributed by atoms with Crippen molar-refractivity contribution in [3.63, 3.8) is 0 Å². The standard InChI is InChI=1S/C22H24ClN5O2S/c1-15(31-22-26-25-21(29)27(22)11-6-12-30-2)20-24-18-13-17(23)9-10-19(18)28(20)14-16-7-4-3-5-8-16/h3-5,7-10,13,15H,6,11-12,14H2,1-2H3,(H,25,29)/t15-/m1/s1. The van der Waals surface area contributed by atoms with Gasteiger partial charge in [-0.15, -0.1) is 5.10 Å². The molecule has 0 aliphatic heterocycles. The third-order valence-corrected chi connectivity index (χ3v) is 6.34. The van der Waals surface area contributed by atoms with E-state index in [0.717, 1.165) is 23.3 Å². The number of imidazole rings is 1. The quantitative estimate of drug-likeness (QED) is 0.295. The fraction of sp³-hybridized carbons (Fsp3) is 0.318. The molecule has 0 aliphatic carbocycles. The fourth-order valence-electron chi connectivity index (χ4n) is 3.53. The van der Waals surface area contributed by atoms with E-state index in [0.29, 0.717) is 29.9 Å². The Hall–Kier alpha value is -2.55. The number of ether oxygens (including phenoxy) is 1. The van der Waals surface area contributed by atoms with Gasteiger partial charge in [-0.25, -0.2) is 14.9 Å². The average Bonchev–Trinajstić information content (AvgIpc) is 3.29. The number of fused-ring (bicyclic) bond motifs is 1. The summed E-state index contributed by atoms with van der Waals surface area (Å²) in [5.74, 6) is 0.907. The number of aromatic amines is 1. The van der Waals surface area contributed by atoms with E-state index in [1.54, 1.807) is 11.7 Å². The van der Waals surface area contributed by atoms with Crippen molar-refractivity contribution in [2.24, 2.45) is 0 Å².